The fraction of sp³-hybridized carbons (Fsp3) is 0.667. The summed E-state index contributed by atoms with van der Waals surface area (Å²) < 4.78 is 0. The number of hydrogen-bond acceptors (Lipinski definition) is 1. The third kappa shape index (κ3) is 1.49. The lowest BCUT2D eigenvalue weighted by molar-refractivity contribution is -0.116. The van der Waals surface area contributed by atoms with Gasteiger partial charge in [0.1, 0.15) is 0 Å². The lowest BCUT2D eigenvalue weighted by Gasteiger charge is -2.48. The highest BCUT2D eigenvalue weighted by molar-refractivity contribution is 5.91. The first-order valence-electron chi connectivity index (χ1n) is 6.59. The minimum absolute atomic E-state index is 0.347. The van der Waals surface area contributed by atoms with E-state index in [0.717, 1.165) is 18.8 Å². The SMILES string of the molecule is C[C@]12CCC(=O)C=C1[C@H]1CC=CC[C@H]1CC2. The molecule has 3 aliphatic rings. The van der Waals surface area contributed by atoms with E-state index in [0.29, 0.717) is 17.1 Å². The summed E-state index contributed by atoms with van der Waals surface area (Å²) in [5, 5.41) is 0. The number of allylic oxidation sites excluding steroid dienone is 4. The summed E-state index contributed by atoms with van der Waals surface area (Å²) in [7, 11) is 0. The molecule has 0 aromatic heterocycles. The largest absolute Gasteiger partial charge is 0.295 e. The van der Waals surface area contributed by atoms with Gasteiger partial charge in [0.15, 0.2) is 5.78 Å². The Morgan fingerprint density at radius 1 is 1.25 bits per heavy atom. The second-order valence-electron chi connectivity index (χ2n) is 5.97. The van der Waals surface area contributed by atoms with Crippen molar-refractivity contribution in [3.63, 3.8) is 0 Å². The Morgan fingerprint density at radius 2 is 2.06 bits per heavy atom. The Hall–Kier alpha value is -0.850. The molecule has 1 nitrogen and oxygen atoms in total. The van der Waals surface area contributed by atoms with Crippen LogP contribution >= 0.6 is 0 Å². The zero-order valence-electron chi connectivity index (χ0n) is 10.0. The van der Waals surface area contributed by atoms with Crippen LogP contribution in [0.5, 0.6) is 0 Å². The Balaban J connectivity index is 1.99. The van der Waals surface area contributed by atoms with Crippen molar-refractivity contribution in [3.8, 4) is 0 Å². The zero-order chi connectivity index (χ0) is 11.2. The Kier molecular flexibility index (Phi) is 2.31. The van der Waals surface area contributed by atoms with Crippen LogP contribution in [0.25, 0.3) is 0 Å². The van der Waals surface area contributed by atoms with Crippen LogP contribution in [0.15, 0.2) is 23.8 Å². The van der Waals surface area contributed by atoms with E-state index in [4.69, 9.17) is 0 Å². The van der Waals surface area contributed by atoms with Gasteiger partial charge in [-0.15, -0.1) is 0 Å². The molecule has 0 heterocycles. The van der Waals surface area contributed by atoms with Crippen LogP contribution in [0.3, 0.4) is 0 Å². The molecule has 3 atom stereocenters. The molecule has 0 radical (unpaired) electrons. The van der Waals surface area contributed by atoms with E-state index >= 15 is 0 Å². The van der Waals surface area contributed by atoms with Gasteiger partial charge in [0.05, 0.1) is 0 Å². The lowest BCUT2D eigenvalue weighted by Crippen LogP contribution is -2.38. The lowest BCUT2D eigenvalue weighted by atomic mass is 9.57. The van der Waals surface area contributed by atoms with Crippen LogP contribution in [-0.2, 0) is 4.79 Å². The van der Waals surface area contributed by atoms with E-state index in [9.17, 15) is 4.79 Å². The van der Waals surface area contributed by atoms with Crippen molar-refractivity contribution in [2.75, 3.05) is 0 Å². The molecular formula is C15H20O. The van der Waals surface area contributed by atoms with Gasteiger partial charge >= 0.3 is 0 Å². The van der Waals surface area contributed by atoms with Gasteiger partial charge in [-0.2, -0.15) is 0 Å². The van der Waals surface area contributed by atoms with Crippen molar-refractivity contribution in [2.45, 2.75) is 45.4 Å². The van der Waals surface area contributed by atoms with E-state index in [-0.39, 0.29) is 0 Å². The topological polar surface area (TPSA) is 17.1 Å². The average molecular weight is 216 g/mol. The standard InChI is InChI=1S/C15H20O/c1-15-8-6-11-4-2-3-5-13(11)14(15)10-12(16)7-9-15/h2-3,10-11,13H,4-9H2,1H3/t11-,13-,15-/m0/s1. The van der Waals surface area contributed by atoms with Crippen LogP contribution in [0.2, 0.25) is 0 Å². The summed E-state index contributed by atoms with van der Waals surface area (Å²) in [6.07, 6.45) is 13.5. The third-order valence-electron chi connectivity index (χ3n) is 4.97. The van der Waals surface area contributed by atoms with Gasteiger partial charge in [0.25, 0.3) is 0 Å². The third-order valence-corrected chi connectivity index (χ3v) is 4.97. The molecule has 0 spiro atoms. The Bertz CT molecular complexity index is 377. The average Bonchev–Trinajstić information content (AvgIpc) is 2.31. The second-order valence-corrected chi connectivity index (χ2v) is 5.97. The molecule has 1 fully saturated rings. The van der Waals surface area contributed by atoms with E-state index < -0.39 is 0 Å². The minimum atomic E-state index is 0.347. The molecule has 0 amide bonds. The predicted octanol–water partition coefficient (Wildman–Crippen LogP) is 3.66. The van der Waals surface area contributed by atoms with E-state index in [1.807, 2.05) is 6.08 Å². The molecule has 16 heavy (non-hydrogen) atoms. The maximum absolute atomic E-state index is 11.6. The number of carbonyl (C=O) groups excluding carboxylic acids is 1. The molecule has 0 saturated heterocycles. The van der Waals surface area contributed by atoms with Crippen molar-refractivity contribution < 1.29 is 4.79 Å². The second kappa shape index (κ2) is 3.58. The fourth-order valence-corrected chi connectivity index (χ4v) is 3.86. The van der Waals surface area contributed by atoms with E-state index in [2.05, 4.69) is 19.1 Å². The van der Waals surface area contributed by atoms with Gasteiger partial charge in [-0.05, 0) is 55.4 Å². The van der Waals surface area contributed by atoms with E-state index in [1.165, 1.54) is 31.3 Å². The monoisotopic (exact) mass is 216 g/mol. The van der Waals surface area contributed by atoms with Crippen LogP contribution in [0, 0.1) is 17.3 Å². The number of ketones is 1. The quantitative estimate of drug-likeness (QED) is 0.565. The van der Waals surface area contributed by atoms with Crippen molar-refractivity contribution in [2.24, 2.45) is 17.3 Å². The van der Waals surface area contributed by atoms with Crippen LogP contribution in [0.1, 0.15) is 45.4 Å². The van der Waals surface area contributed by atoms with Gasteiger partial charge in [0.2, 0.25) is 0 Å². The molecule has 86 valence electrons. The summed E-state index contributed by atoms with van der Waals surface area (Å²) >= 11 is 0. The van der Waals surface area contributed by atoms with Crippen molar-refractivity contribution >= 4 is 5.78 Å². The van der Waals surface area contributed by atoms with Crippen molar-refractivity contribution in [1.29, 1.82) is 0 Å². The van der Waals surface area contributed by atoms with Gasteiger partial charge in [-0.1, -0.05) is 24.6 Å². The van der Waals surface area contributed by atoms with Crippen molar-refractivity contribution in [3.05, 3.63) is 23.8 Å². The Morgan fingerprint density at radius 3 is 2.94 bits per heavy atom. The molecule has 3 rings (SSSR count). The zero-order valence-corrected chi connectivity index (χ0v) is 10.0. The first-order valence-corrected chi connectivity index (χ1v) is 6.59. The molecule has 3 aliphatic carbocycles. The van der Waals surface area contributed by atoms with Gasteiger partial charge in [0, 0.05) is 6.42 Å². The highest BCUT2D eigenvalue weighted by Gasteiger charge is 2.43. The molecular weight excluding hydrogens is 196 g/mol. The molecule has 1 heteroatoms. The summed E-state index contributed by atoms with van der Waals surface area (Å²) in [6, 6.07) is 0. The smallest absolute Gasteiger partial charge is 0.155 e. The van der Waals surface area contributed by atoms with Crippen molar-refractivity contribution in [1.82, 2.24) is 0 Å². The van der Waals surface area contributed by atoms with Gasteiger partial charge in [-0.25, -0.2) is 0 Å². The minimum Gasteiger partial charge on any atom is -0.295 e. The summed E-state index contributed by atoms with van der Waals surface area (Å²) in [5.74, 6) is 1.85. The maximum Gasteiger partial charge on any atom is 0.155 e. The predicted molar refractivity (Wildman–Crippen MR) is 65.0 cm³/mol. The van der Waals surface area contributed by atoms with Gasteiger partial charge in [-0.3, -0.25) is 4.79 Å². The summed E-state index contributed by atoms with van der Waals surface area (Å²) in [4.78, 5) is 11.6. The number of hydrogen-bond donors (Lipinski definition) is 0. The van der Waals surface area contributed by atoms with Gasteiger partial charge < -0.3 is 0 Å². The molecule has 0 unspecified atom stereocenters. The summed E-state index contributed by atoms with van der Waals surface area (Å²) in [5.41, 5.74) is 1.84. The maximum atomic E-state index is 11.6. The molecule has 0 N–H and O–H groups in total. The highest BCUT2D eigenvalue weighted by Crippen LogP contribution is 2.53. The Labute approximate surface area is 97.6 Å². The molecule has 1 saturated carbocycles. The fourth-order valence-electron chi connectivity index (χ4n) is 3.86. The van der Waals surface area contributed by atoms with E-state index in [1.54, 1.807) is 0 Å². The number of fused-ring (bicyclic) bond motifs is 3. The molecule has 0 bridgehead atoms. The number of rotatable bonds is 0. The number of carbonyl (C=O) groups is 1. The van der Waals surface area contributed by atoms with Crippen LogP contribution < -0.4 is 0 Å². The first kappa shape index (κ1) is 10.3. The molecule has 0 aromatic rings. The first-order chi connectivity index (χ1) is 7.69. The molecule has 0 aliphatic heterocycles. The van der Waals surface area contributed by atoms with Crippen LogP contribution in [0.4, 0.5) is 0 Å². The molecule has 0 aromatic carbocycles. The van der Waals surface area contributed by atoms with Crippen LogP contribution in [-0.4, -0.2) is 5.78 Å². The summed E-state index contributed by atoms with van der Waals surface area (Å²) in [6.45, 7) is 2.37. The normalized spacial score (nSPS) is 42.3. The highest BCUT2D eigenvalue weighted by atomic mass is 16.1.